The van der Waals surface area contributed by atoms with Crippen LogP contribution in [-0.4, -0.2) is 25.5 Å². The molecule has 0 unspecified atom stereocenters. The van der Waals surface area contributed by atoms with Crippen LogP contribution in [0.2, 0.25) is 0 Å². The summed E-state index contributed by atoms with van der Waals surface area (Å²) in [5.41, 5.74) is 4.73. The molecule has 1 amide bonds. The molecule has 1 aliphatic rings. The number of hydrogen-bond acceptors (Lipinski definition) is 2. The summed E-state index contributed by atoms with van der Waals surface area (Å²) in [6.45, 7) is 2.58. The third-order valence-corrected chi connectivity index (χ3v) is 4.10. The van der Waals surface area contributed by atoms with E-state index in [4.69, 9.17) is 0 Å². The number of rotatable bonds is 5. The molecule has 0 spiro atoms. The zero-order valence-corrected chi connectivity index (χ0v) is 13.2. The first-order valence-electron chi connectivity index (χ1n) is 8.11. The molecule has 0 saturated heterocycles. The summed E-state index contributed by atoms with van der Waals surface area (Å²) in [6, 6.07) is 18.5. The molecule has 118 valence electrons. The Morgan fingerprint density at radius 2 is 1.74 bits per heavy atom. The fourth-order valence-electron chi connectivity index (χ4n) is 2.74. The molecule has 2 aromatic rings. The normalized spacial score (nSPS) is 14.2. The van der Waals surface area contributed by atoms with Crippen LogP contribution in [0.15, 0.2) is 66.2 Å². The maximum Gasteiger partial charge on any atom is 0.224 e. The Labute approximate surface area is 137 Å². The van der Waals surface area contributed by atoms with E-state index in [1.165, 1.54) is 16.7 Å². The fourth-order valence-corrected chi connectivity index (χ4v) is 2.74. The van der Waals surface area contributed by atoms with Gasteiger partial charge in [-0.1, -0.05) is 66.2 Å². The second-order valence-corrected chi connectivity index (χ2v) is 5.83. The van der Waals surface area contributed by atoms with Gasteiger partial charge in [-0.2, -0.15) is 0 Å². The van der Waals surface area contributed by atoms with Crippen molar-refractivity contribution in [2.45, 2.75) is 12.8 Å². The highest BCUT2D eigenvalue weighted by Crippen LogP contribution is 2.19. The van der Waals surface area contributed by atoms with Crippen LogP contribution in [0.25, 0.3) is 11.1 Å². The molecular formula is C20H22N2O. The predicted molar refractivity (Wildman–Crippen MR) is 94.2 cm³/mol. The van der Waals surface area contributed by atoms with Gasteiger partial charge in [0.1, 0.15) is 0 Å². The molecule has 0 atom stereocenters. The van der Waals surface area contributed by atoms with Gasteiger partial charge < -0.3 is 10.6 Å². The molecule has 3 rings (SSSR count). The van der Waals surface area contributed by atoms with E-state index in [9.17, 15) is 4.79 Å². The van der Waals surface area contributed by atoms with Crippen molar-refractivity contribution in [1.82, 2.24) is 10.6 Å². The van der Waals surface area contributed by atoms with Crippen LogP contribution in [0.1, 0.15) is 12.0 Å². The Morgan fingerprint density at radius 1 is 1.00 bits per heavy atom. The molecule has 3 nitrogen and oxygen atoms in total. The minimum absolute atomic E-state index is 0.0805. The van der Waals surface area contributed by atoms with Gasteiger partial charge in [-0.15, -0.1) is 0 Å². The Hall–Kier alpha value is -2.39. The monoisotopic (exact) mass is 306 g/mol. The van der Waals surface area contributed by atoms with Crippen molar-refractivity contribution in [3.63, 3.8) is 0 Å². The van der Waals surface area contributed by atoms with E-state index >= 15 is 0 Å². The number of benzene rings is 2. The minimum Gasteiger partial charge on any atom is -0.352 e. The molecule has 2 aromatic carbocycles. The average Bonchev–Trinajstić information content (AvgIpc) is 2.62. The van der Waals surface area contributed by atoms with Gasteiger partial charge in [0, 0.05) is 13.1 Å². The van der Waals surface area contributed by atoms with Crippen molar-refractivity contribution in [3.8, 4) is 11.1 Å². The topological polar surface area (TPSA) is 41.1 Å². The molecule has 0 fully saturated rings. The number of amides is 1. The van der Waals surface area contributed by atoms with E-state index < -0.39 is 0 Å². The number of carbonyl (C=O) groups is 1. The maximum absolute atomic E-state index is 12.1. The van der Waals surface area contributed by atoms with Crippen LogP contribution < -0.4 is 10.6 Å². The fraction of sp³-hybridized carbons (Fsp3) is 0.250. The lowest BCUT2D eigenvalue weighted by atomic mass is 10.0. The summed E-state index contributed by atoms with van der Waals surface area (Å²) in [5.74, 6) is 0.0805. The van der Waals surface area contributed by atoms with E-state index in [0.29, 0.717) is 13.0 Å². The Balaban J connectivity index is 1.53. The standard InChI is InChI=1S/C20H22N2O/c23-20(22-15-17-10-12-21-13-11-17)14-16-6-8-19(9-7-16)18-4-2-1-3-5-18/h1-10,21H,11-15H2,(H,22,23). The number of nitrogens with one attached hydrogen (secondary N) is 2. The molecule has 23 heavy (non-hydrogen) atoms. The summed E-state index contributed by atoms with van der Waals surface area (Å²) in [4.78, 5) is 12.1. The lowest BCUT2D eigenvalue weighted by Crippen LogP contribution is -2.30. The molecule has 0 aliphatic carbocycles. The summed E-state index contributed by atoms with van der Waals surface area (Å²) in [5, 5.41) is 6.28. The summed E-state index contributed by atoms with van der Waals surface area (Å²) >= 11 is 0. The van der Waals surface area contributed by atoms with Gasteiger partial charge in [0.15, 0.2) is 0 Å². The largest absolute Gasteiger partial charge is 0.352 e. The first-order chi connectivity index (χ1) is 11.3. The summed E-state index contributed by atoms with van der Waals surface area (Å²) in [7, 11) is 0. The second-order valence-electron chi connectivity index (χ2n) is 5.83. The molecule has 3 heteroatoms. The SMILES string of the molecule is O=C(Cc1ccc(-c2ccccc2)cc1)NCC1=CCNCC1. The third-order valence-electron chi connectivity index (χ3n) is 4.10. The highest BCUT2D eigenvalue weighted by atomic mass is 16.1. The Morgan fingerprint density at radius 3 is 2.43 bits per heavy atom. The van der Waals surface area contributed by atoms with E-state index in [-0.39, 0.29) is 5.91 Å². The zero-order valence-electron chi connectivity index (χ0n) is 13.2. The van der Waals surface area contributed by atoms with Gasteiger partial charge in [-0.25, -0.2) is 0 Å². The van der Waals surface area contributed by atoms with Crippen LogP contribution in [0.4, 0.5) is 0 Å². The van der Waals surface area contributed by atoms with Crippen LogP contribution in [0, 0.1) is 0 Å². The van der Waals surface area contributed by atoms with E-state index in [1.54, 1.807) is 0 Å². The molecule has 2 N–H and O–H groups in total. The van der Waals surface area contributed by atoms with Crippen LogP contribution in [-0.2, 0) is 11.2 Å². The minimum atomic E-state index is 0.0805. The molecule has 0 bridgehead atoms. The van der Waals surface area contributed by atoms with Gasteiger partial charge >= 0.3 is 0 Å². The van der Waals surface area contributed by atoms with Crippen molar-refractivity contribution in [2.75, 3.05) is 19.6 Å². The first kappa shape index (κ1) is 15.5. The van der Waals surface area contributed by atoms with Gasteiger partial charge in [0.05, 0.1) is 6.42 Å². The zero-order chi connectivity index (χ0) is 15.9. The quantitative estimate of drug-likeness (QED) is 0.834. The van der Waals surface area contributed by atoms with Crippen molar-refractivity contribution in [2.24, 2.45) is 0 Å². The van der Waals surface area contributed by atoms with Gasteiger partial charge in [0.2, 0.25) is 5.91 Å². The highest BCUT2D eigenvalue weighted by molar-refractivity contribution is 5.79. The molecule has 1 aliphatic heterocycles. The second kappa shape index (κ2) is 7.75. The summed E-state index contributed by atoms with van der Waals surface area (Å²) < 4.78 is 0. The lowest BCUT2D eigenvalue weighted by Gasteiger charge is -2.14. The predicted octanol–water partition coefficient (Wildman–Crippen LogP) is 2.93. The highest BCUT2D eigenvalue weighted by Gasteiger charge is 2.07. The Kier molecular flexibility index (Phi) is 5.22. The lowest BCUT2D eigenvalue weighted by molar-refractivity contribution is -0.120. The van der Waals surface area contributed by atoms with Gasteiger partial charge in [-0.05, 0) is 29.7 Å². The van der Waals surface area contributed by atoms with Crippen LogP contribution >= 0.6 is 0 Å². The summed E-state index contributed by atoms with van der Waals surface area (Å²) in [6.07, 6.45) is 3.62. The van der Waals surface area contributed by atoms with Crippen molar-refractivity contribution >= 4 is 5.91 Å². The molecule has 0 radical (unpaired) electrons. The molecule has 0 saturated carbocycles. The van der Waals surface area contributed by atoms with Crippen LogP contribution in [0.5, 0.6) is 0 Å². The van der Waals surface area contributed by atoms with Crippen molar-refractivity contribution in [1.29, 1.82) is 0 Å². The van der Waals surface area contributed by atoms with E-state index in [1.807, 2.05) is 30.3 Å². The smallest absolute Gasteiger partial charge is 0.224 e. The van der Waals surface area contributed by atoms with Crippen molar-refractivity contribution < 1.29 is 4.79 Å². The molecule has 0 aromatic heterocycles. The maximum atomic E-state index is 12.1. The van der Waals surface area contributed by atoms with E-state index in [0.717, 1.165) is 25.1 Å². The first-order valence-corrected chi connectivity index (χ1v) is 8.11. The van der Waals surface area contributed by atoms with Crippen molar-refractivity contribution in [3.05, 3.63) is 71.8 Å². The molecule has 1 heterocycles. The van der Waals surface area contributed by atoms with Crippen LogP contribution in [0.3, 0.4) is 0 Å². The Bertz CT molecular complexity index is 675. The van der Waals surface area contributed by atoms with Gasteiger partial charge in [0.25, 0.3) is 0 Å². The van der Waals surface area contributed by atoms with E-state index in [2.05, 4.69) is 41.0 Å². The average molecular weight is 306 g/mol. The third kappa shape index (κ3) is 4.54. The number of carbonyl (C=O) groups excluding carboxylic acids is 1. The van der Waals surface area contributed by atoms with Gasteiger partial charge in [-0.3, -0.25) is 4.79 Å². The number of hydrogen-bond donors (Lipinski definition) is 2. The molecular weight excluding hydrogens is 284 g/mol.